The van der Waals surface area contributed by atoms with E-state index in [0.717, 1.165) is 29.7 Å². The van der Waals surface area contributed by atoms with Crippen molar-refractivity contribution in [3.8, 4) is 0 Å². The van der Waals surface area contributed by atoms with Crippen molar-refractivity contribution in [3.63, 3.8) is 0 Å². The molecule has 0 aliphatic carbocycles. The van der Waals surface area contributed by atoms with Crippen molar-refractivity contribution in [2.45, 2.75) is 13.0 Å². The van der Waals surface area contributed by atoms with Gasteiger partial charge in [-0.2, -0.15) is 0 Å². The zero-order chi connectivity index (χ0) is 17.2. The van der Waals surface area contributed by atoms with Gasteiger partial charge in [0.15, 0.2) is 16.6 Å². The molecule has 0 bridgehead atoms. The van der Waals surface area contributed by atoms with Crippen LogP contribution < -0.4 is 10.2 Å². The summed E-state index contributed by atoms with van der Waals surface area (Å²) >= 11 is 1.63. The Morgan fingerprint density at radius 1 is 1.24 bits per heavy atom. The summed E-state index contributed by atoms with van der Waals surface area (Å²) in [7, 11) is 0. The van der Waals surface area contributed by atoms with Crippen LogP contribution in [0.5, 0.6) is 0 Å². The summed E-state index contributed by atoms with van der Waals surface area (Å²) < 4.78 is 1.89. The summed E-state index contributed by atoms with van der Waals surface area (Å²) in [6.45, 7) is 4.87. The summed E-state index contributed by atoms with van der Waals surface area (Å²) in [4.78, 5) is 20.9. The molecule has 0 saturated carbocycles. The van der Waals surface area contributed by atoms with Gasteiger partial charge in [0.05, 0.1) is 6.04 Å². The Labute approximate surface area is 149 Å². The van der Waals surface area contributed by atoms with Gasteiger partial charge in [0, 0.05) is 44.0 Å². The molecule has 3 aromatic rings. The minimum Gasteiger partial charge on any atom is -0.345 e. The van der Waals surface area contributed by atoms with E-state index in [1.165, 1.54) is 0 Å². The van der Waals surface area contributed by atoms with Crippen LogP contribution in [0.2, 0.25) is 0 Å². The number of nitrogens with zero attached hydrogens (tertiary/aromatic N) is 6. The largest absolute Gasteiger partial charge is 0.345 e. The lowest BCUT2D eigenvalue weighted by molar-refractivity contribution is 0.190. The Bertz CT molecular complexity index is 854. The number of fused-ring (bicyclic) bond motifs is 1. The maximum Gasteiger partial charge on any atom is 0.318 e. The number of aromatic nitrogens is 4. The SMILES string of the molecule is CC(NC(=O)N1CCN(c2nccs2)CC1)c1nnc2ccccn12. The van der Waals surface area contributed by atoms with E-state index >= 15 is 0 Å². The molecular weight excluding hydrogens is 338 g/mol. The van der Waals surface area contributed by atoms with Gasteiger partial charge < -0.3 is 15.1 Å². The van der Waals surface area contributed by atoms with Gasteiger partial charge >= 0.3 is 6.03 Å². The fourth-order valence-electron chi connectivity index (χ4n) is 2.97. The lowest BCUT2D eigenvalue weighted by Crippen LogP contribution is -2.52. The molecule has 0 radical (unpaired) electrons. The van der Waals surface area contributed by atoms with E-state index in [0.29, 0.717) is 13.1 Å². The number of hydrogen-bond acceptors (Lipinski definition) is 6. The number of carbonyl (C=O) groups excluding carboxylic acids is 1. The van der Waals surface area contributed by atoms with E-state index in [9.17, 15) is 4.79 Å². The van der Waals surface area contributed by atoms with Crippen LogP contribution >= 0.6 is 11.3 Å². The molecule has 3 aromatic heterocycles. The van der Waals surface area contributed by atoms with Crippen LogP contribution in [0.4, 0.5) is 9.93 Å². The highest BCUT2D eigenvalue weighted by molar-refractivity contribution is 7.13. The number of nitrogens with one attached hydrogen (secondary N) is 1. The van der Waals surface area contributed by atoms with Crippen molar-refractivity contribution in [3.05, 3.63) is 41.8 Å². The lowest BCUT2D eigenvalue weighted by atomic mass is 10.3. The molecule has 1 N–H and O–H groups in total. The number of hydrogen-bond donors (Lipinski definition) is 1. The van der Waals surface area contributed by atoms with Crippen molar-refractivity contribution >= 4 is 28.1 Å². The normalized spacial score (nSPS) is 16.2. The molecule has 1 unspecified atom stereocenters. The quantitative estimate of drug-likeness (QED) is 0.773. The molecule has 1 atom stereocenters. The Morgan fingerprint density at radius 3 is 2.84 bits per heavy atom. The summed E-state index contributed by atoms with van der Waals surface area (Å²) in [6, 6.07) is 5.44. The number of pyridine rings is 1. The first-order chi connectivity index (χ1) is 12.2. The monoisotopic (exact) mass is 357 g/mol. The molecule has 1 saturated heterocycles. The summed E-state index contributed by atoms with van der Waals surface area (Å²) in [5, 5.41) is 14.4. The first-order valence-corrected chi connectivity index (χ1v) is 9.10. The number of carbonyl (C=O) groups is 1. The molecule has 4 rings (SSSR count). The van der Waals surface area contributed by atoms with E-state index in [2.05, 4.69) is 25.4 Å². The third-order valence-electron chi connectivity index (χ3n) is 4.32. The fourth-order valence-corrected chi connectivity index (χ4v) is 3.67. The molecule has 0 aromatic carbocycles. The highest BCUT2D eigenvalue weighted by atomic mass is 32.1. The standard InChI is InChI=1S/C16H19N7OS/c1-12(14-20-19-13-4-2-3-6-23(13)14)18-15(24)21-7-9-22(10-8-21)16-17-5-11-25-16/h2-6,11-12H,7-10H2,1H3,(H,18,24). The molecule has 1 aliphatic heterocycles. The summed E-state index contributed by atoms with van der Waals surface area (Å²) in [6.07, 6.45) is 3.71. The highest BCUT2D eigenvalue weighted by Gasteiger charge is 2.24. The number of thiazole rings is 1. The van der Waals surface area contributed by atoms with Crippen molar-refractivity contribution < 1.29 is 4.79 Å². The summed E-state index contributed by atoms with van der Waals surface area (Å²) in [5.41, 5.74) is 0.774. The van der Waals surface area contributed by atoms with E-state index in [-0.39, 0.29) is 12.1 Å². The molecule has 2 amide bonds. The van der Waals surface area contributed by atoms with Gasteiger partial charge in [-0.15, -0.1) is 21.5 Å². The third-order valence-corrected chi connectivity index (χ3v) is 5.16. The van der Waals surface area contributed by atoms with Crippen LogP contribution in [-0.2, 0) is 0 Å². The van der Waals surface area contributed by atoms with E-state index < -0.39 is 0 Å². The summed E-state index contributed by atoms with van der Waals surface area (Å²) in [5.74, 6) is 0.727. The predicted molar refractivity (Wildman–Crippen MR) is 95.8 cm³/mol. The Hall–Kier alpha value is -2.68. The predicted octanol–water partition coefficient (Wildman–Crippen LogP) is 1.78. The average molecular weight is 357 g/mol. The molecule has 9 heteroatoms. The van der Waals surface area contributed by atoms with Crippen molar-refractivity contribution in [1.82, 2.24) is 29.8 Å². The van der Waals surface area contributed by atoms with E-state index in [1.807, 2.05) is 52.2 Å². The first kappa shape index (κ1) is 15.8. The van der Waals surface area contributed by atoms with Crippen LogP contribution in [0.25, 0.3) is 5.65 Å². The zero-order valence-corrected chi connectivity index (χ0v) is 14.7. The van der Waals surface area contributed by atoms with Gasteiger partial charge in [-0.3, -0.25) is 4.40 Å². The smallest absolute Gasteiger partial charge is 0.318 e. The van der Waals surface area contributed by atoms with Crippen molar-refractivity contribution in [1.29, 1.82) is 0 Å². The average Bonchev–Trinajstić information content (AvgIpc) is 3.31. The number of anilines is 1. The molecule has 25 heavy (non-hydrogen) atoms. The topological polar surface area (TPSA) is 78.7 Å². The van der Waals surface area contributed by atoms with Gasteiger partial charge in [0.2, 0.25) is 0 Å². The van der Waals surface area contributed by atoms with Crippen LogP contribution in [0.1, 0.15) is 18.8 Å². The molecule has 0 spiro atoms. The zero-order valence-electron chi connectivity index (χ0n) is 13.9. The molecule has 130 valence electrons. The Morgan fingerprint density at radius 2 is 2.08 bits per heavy atom. The number of piperazine rings is 1. The minimum absolute atomic E-state index is 0.0704. The maximum atomic E-state index is 12.6. The first-order valence-electron chi connectivity index (χ1n) is 8.22. The van der Waals surface area contributed by atoms with Gasteiger partial charge in [0.25, 0.3) is 0 Å². The maximum absolute atomic E-state index is 12.6. The fraction of sp³-hybridized carbons (Fsp3) is 0.375. The van der Waals surface area contributed by atoms with Gasteiger partial charge in [-0.1, -0.05) is 6.07 Å². The Kier molecular flexibility index (Phi) is 4.22. The van der Waals surface area contributed by atoms with Gasteiger partial charge in [0.1, 0.15) is 0 Å². The van der Waals surface area contributed by atoms with E-state index in [4.69, 9.17) is 0 Å². The van der Waals surface area contributed by atoms with Gasteiger partial charge in [-0.05, 0) is 19.1 Å². The second-order valence-electron chi connectivity index (χ2n) is 5.95. The molecule has 1 fully saturated rings. The number of rotatable bonds is 3. The van der Waals surface area contributed by atoms with Crippen LogP contribution in [0, 0.1) is 0 Å². The Balaban J connectivity index is 1.37. The highest BCUT2D eigenvalue weighted by Crippen LogP contribution is 2.19. The van der Waals surface area contributed by atoms with Crippen LogP contribution in [0.15, 0.2) is 36.0 Å². The second-order valence-corrected chi connectivity index (χ2v) is 6.82. The third kappa shape index (κ3) is 3.14. The van der Waals surface area contributed by atoms with Crippen LogP contribution in [0.3, 0.4) is 0 Å². The second kappa shape index (κ2) is 6.67. The van der Waals surface area contributed by atoms with E-state index in [1.54, 1.807) is 11.3 Å². The van der Waals surface area contributed by atoms with Crippen molar-refractivity contribution in [2.75, 3.05) is 31.1 Å². The molecule has 8 nitrogen and oxygen atoms in total. The lowest BCUT2D eigenvalue weighted by Gasteiger charge is -2.35. The number of urea groups is 1. The molecular formula is C16H19N7OS. The minimum atomic E-state index is -0.220. The molecule has 4 heterocycles. The molecule has 1 aliphatic rings. The number of amides is 2. The van der Waals surface area contributed by atoms with Crippen molar-refractivity contribution in [2.24, 2.45) is 0 Å². The van der Waals surface area contributed by atoms with Crippen LogP contribution in [-0.4, -0.2) is 56.7 Å². The van der Waals surface area contributed by atoms with Gasteiger partial charge in [-0.25, -0.2) is 9.78 Å².